The summed E-state index contributed by atoms with van der Waals surface area (Å²) in [4.78, 5) is 16.6. The van der Waals surface area contributed by atoms with Crippen LogP contribution in [0.3, 0.4) is 0 Å². The van der Waals surface area contributed by atoms with Crippen LogP contribution in [0.25, 0.3) is 0 Å². The van der Waals surface area contributed by atoms with E-state index < -0.39 is 11.7 Å². The Kier molecular flexibility index (Phi) is 6.00. The van der Waals surface area contributed by atoms with Crippen molar-refractivity contribution in [3.8, 4) is 6.07 Å². The number of halogens is 3. The lowest BCUT2D eigenvalue weighted by molar-refractivity contribution is -0.137. The van der Waals surface area contributed by atoms with Gasteiger partial charge in [0.25, 0.3) is 5.91 Å². The average Bonchev–Trinajstić information content (AvgIpc) is 2.93. The van der Waals surface area contributed by atoms with Crippen molar-refractivity contribution in [2.45, 2.75) is 19.1 Å². The number of amides is 1. The van der Waals surface area contributed by atoms with Crippen LogP contribution in [-0.4, -0.2) is 41.9 Å². The minimum absolute atomic E-state index is 0.242. The van der Waals surface area contributed by atoms with Crippen molar-refractivity contribution in [2.75, 3.05) is 26.2 Å². The van der Waals surface area contributed by atoms with Gasteiger partial charge < -0.3 is 4.90 Å². The Labute approximate surface area is 161 Å². The molecule has 0 radical (unpaired) electrons. The summed E-state index contributed by atoms with van der Waals surface area (Å²) in [5, 5.41) is 8.86. The van der Waals surface area contributed by atoms with Gasteiger partial charge >= 0.3 is 6.18 Å². The smallest absolute Gasteiger partial charge is 0.337 e. The molecule has 3 rings (SSSR count). The van der Waals surface area contributed by atoms with Gasteiger partial charge in [-0.15, -0.1) is 0 Å². The number of carbonyl (C=O) groups is 1. The highest BCUT2D eigenvalue weighted by Crippen LogP contribution is 2.29. The monoisotopic (exact) mass is 387 g/mol. The maximum atomic E-state index is 12.7. The number of benzene rings is 2. The molecule has 1 saturated heterocycles. The lowest BCUT2D eigenvalue weighted by atomic mass is 10.1. The van der Waals surface area contributed by atoms with Crippen LogP contribution in [0.1, 0.15) is 33.5 Å². The molecule has 0 aromatic heterocycles. The molecule has 0 spiro atoms. The molecule has 1 aliphatic rings. The molecule has 0 atom stereocenters. The molecule has 0 bridgehead atoms. The highest BCUT2D eigenvalue weighted by molar-refractivity contribution is 5.94. The number of alkyl halides is 3. The van der Waals surface area contributed by atoms with Crippen LogP contribution < -0.4 is 0 Å². The van der Waals surface area contributed by atoms with E-state index in [1.807, 2.05) is 12.1 Å². The molecule has 28 heavy (non-hydrogen) atoms. The van der Waals surface area contributed by atoms with Crippen molar-refractivity contribution in [3.63, 3.8) is 0 Å². The van der Waals surface area contributed by atoms with Gasteiger partial charge in [-0.25, -0.2) is 0 Å². The summed E-state index contributed by atoms with van der Waals surface area (Å²) >= 11 is 0. The quantitative estimate of drug-likeness (QED) is 0.802. The third-order valence-electron chi connectivity index (χ3n) is 4.82. The van der Waals surface area contributed by atoms with E-state index in [0.29, 0.717) is 25.2 Å². The molecule has 2 aromatic carbocycles. The molecule has 2 aromatic rings. The first-order valence-corrected chi connectivity index (χ1v) is 9.05. The van der Waals surface area contributed by atoms with Gasteiger partial charge in [-0.2, -0.15) is 18.4 Å². The Balaban J connectivity index is 1.59. The van der Waals surface area contributed by atoms with E-state index in [0.717, 1.165) is 37.2 Å². The van der Waals surface area contributed by atoms with Gasteiger partial charge in [0.1, 0.15) is 0 Å². The summed E-state index contributed by atoms with van der Waals surface area (Å²) in [5.41, 5.74) is 1.23. The number of hydrogen-bond donors (Lipinski definition) is 0. The Morgan fingerprint density at radius 3 is 2.25 bits per heavy atom. The first kappa shape index (κ1) is 19.9. The summed E-state index contributed by atoms with van der Waals surface area (Å²) < 4.78 is 38.0. The molecule has 1 fully saturated rings. The second kappa shape index (κ2) is 8.44. The van der Waals surface area contributed by atoms with E-state index in [1.165, 1.54) is 12.1 Å². The van der Waals surface area contributed by atoms with Crippen LogP contribution in [0.15, 0.2) is 48.5 Å². The lowest BCUT2D eigenvalue weighted by Crippen LogP contribution is -2.35. The molecule has 7 heteroatoms. The van der Waals surface area contributed by atoms with Gasteiger partial charge in [-0.3, -0.25) is 9.69 Å². The highest BCUT2D eigenvalue weighted by atomic mass is 19.4. The standard InChI is InChI=1S/C21H20F3N3O/c22-21(23,24)19-8-6-18(7-9-19)20(28)27-11-1-10-26(12-13-27)15-17-4-2-16(14-25)3-5-17/h2-9H,1,10-13,15H2. The highest BCUT2D eigenvalue weighted by Gasteiger charge is 2.30. The molecule has 0 saturated carbocycles. The largest absolute Gasteiger partial charge is 0.416 e. The van der Waals surface area contributed by atoms with Crippen LogP contribution >= 0.6 is 0 Å². The van der Waals surface area contributed by atoms with Crippen LogP contribution in [0.2, 0.25) is 0 Å². The van der Waals surface area contributed by atoms with Gasteiger partial charge in [0, 0.05) is 38.3 Å². The molecular formula is C21H20F3N3O. The summed E-state index contributed by atoms with van der Waals surface area (Å²) in [6.45, 7) is 3.34. The van der Waals surface area contributed by atoms with E-state index in [1.54, 1.807) is 17.0 Å². The second-order valence-electron chi connectivity index (χ2n) is 6.81. The predicted octanol–water partition coefficient (Wildman–Crippen LogP) is 3.93. The van der Waals surface area contributed by atoms with E-state index in [2.05, 4.69) is 11.0 Å². The Morgan fingerprint density at radius 2 is 1.64 bits per heavy atom. The third kappa shape index (κ3) is 4.90. The van der Waals surface area contributed by atoms with Gasteiger partial charge in [-0.1, -0.05) is 12.1 Å². The molecule has 1 heterocycles. The van der Waals surface area contributed by atoms with Crippen molar-refractivity contribution in [3.05, 3.63) is 70.8 Å². The molecule has 4 nitrogen and oxygen atoms in total. The topological polar surface area (TPSA) is 47.3 Å². The zero-order valence-electron chi connectivity index (χ0n) is 15.2. The van der Waals surface area contributed by atoms with Gasteiger partial charge in [0.15, 0.2) is 0 Å². The first-order valence-electron chi connectivity index (χ1n) is 9.05. The van der Waals surface area contributed by atoms with Crippen LogP contribution in [0, 0.1) is 11.3 Å². The Morgan fingerprint density at radius 1 is 0.964 bits per heavy atom. The van der Waals surface area contributed by atoms with E-state index in [4.69, 9.17) is 5.26 Å². The molecule has 0 N–H and O–H groups in total. The Bertz CT molecular complexity index is 854. The minimum Gasteiger partial charge on any atom is -0.337 e. The summed E-state index contributed by atoms with van der Waals surface area (Å²) in [7, 11) is 0. The number of nitriles is 1. The van der Waals surface area contributed by atoms with Crippen molar-refractivity contribution < 1.29 is 18.0 Å². The SMILES string of the molecule is N#Cc1ccc(CN2CCCN(C(=O)c3ccc(C(F)(F)F)cc3)CC2)cc1. The van der Waals surface area contributed by atoms with E-state index in [-0.39, 0.29) is 11.5 Å². The maximum absolute atomic E-state index is 12.7. The summed E-state index contributed by atoms with van der Waals surface area (Å²) in [5.74, 6) is -0.242. The fraction of sp³-hybridized carbons (Fsp3) is 0.333. The Hall–Kier alpha value is -2.85. The molecular weight excluding hydrogens is 367 g/mol. The van der Waals surface area contributed by atoms with E-state index in [9.17, 15) is 18.0 Å². The van der Waals surface area contributed by atoms with Crippen LogP contribution in [0.5, 0.6) is 0 Å². The van der Waals surface area contributed by atoms with Gasteiger partial charge in [0.05, 0.1) is 17.2 Å². The van der Waals surface area contributed by atoms with Gasteiger partial charge in [0.2, 0.25) is 0 Å². The molecule has 0 aliphatic carbocycles. The predicted molar refractivity (Wildman–Crippen MR) is 98.4 cm³/mol. The minimum atomic E-state index is -4.41. The zero-order chi connectivity index (χ0) is 20.1. The summed E-state index contributed by atoms with van der Waals surface area (Å²) in [6, 6.07) is 13.9. The molecule has 1 aliphatic heterocycles. The van der Waals surface area contributed by atoms with Crippen molar-refractivity contribution in [1.82, 2.24) is 9.80 Å². The average molecular weight is 387 g/mol. The van der Waals surface area contributed by atoms with E-state index >= 15 is 0 Å². The third-order valence-corrected chi connectivity index (χ3v) is 4.82. The fourth-order valence-electron chi connectivity index (χ4n) is 3.26. The van der Waals surface area contributed by atoms with Crippen LogP contribution in [0.4, 0.5) is 13.2 Å². The van der Waals surface area contributed by atoms with Crippen molar-refractivity contribution in [2.24, 2.45) is 0 Å². The first-order chi connectivity index (χ1) is 13.4. The number of carbonyl (C=O) groups excluding carboxylic acids is 1. The number of hydrogen-bond acceptors (Lipinski definition) is 3. The molecule has 146 valence electrons. The normalized spacial score (nSPS) is 15.7. The fourth-order valence-corrected chi connectivity index (χ4v) is 3.26. The maximum Gasteiger partial charge on any atom is 0.416 e. The zero-order valence-corrected chi connectivity index (χ0v) is 15.2. The van der Waals surface area contributed by atoms with Gasteiger partial charge in [-0.05, 0) is 48.4 Å². The second-order valence-corrected chi connectivity index (χ2v) is 6.81. The van der Waals surface area contributed by atoms with Crippen LogP contribution in [-0.2, 0) is 12.7 Å². The van der Waals surface area contributed by atoms with Crippen molar-refractivity contribution >= 4 is 5.91 Å². The number of rotatable bonds is 3. The number of nitrogens with zero attached hydrogens (tertiary/aromatic N) is 3. The lowest BCUT2D eigenvalue weighted by Gasteiger charge is -2.22. The summed E-state index contributed by atoms with van der Waals surface area (Å²) in [6.07, 6.45) is -3.61. The molecule has 0 unspecified atom stereocenters. The molecule has 1 amide bonds. The van der Waals surface area contributed by atoms with Crippen molar-refractivity contribution in [1.29, 1.82) is 5.26 Å².